The van der Waals surface area contributed by atoms with Crippen molar-refractivity contribution in [2.45, 2.75) is 37.9 Å². The average Bonchev–Trinajstić information content (AvgIpc) is 2.75. The van der Waals surface area contributed by atoms with Crippen molar-refractivity contribution in [2.75, 3.05) is 19.8 Å². The molecule has 0 radical (unpaired) electrons. The summed E-state index contributed by atoms with van der Waals surface area (Å²) in [6, 6.07) is 0. The lowest BCUT2D eigenvalue weighted by atomic mass is 9.97. The molecule has 13 heavy (non-hydrogen) atoms. The van der Waals surface area contributed by atoms with Crippen LogP contribution in [0.5, 0.6) is 0 Å². The van der Waals surface area contributed by atoms with E-state index in [-0.39, 0.29) is 12.4 Å². The summed E-state index contributed by atoms with van der Waals surface area (Å²) >= 11 is 0. The Bertz CT molecular complexity index is 158. The molecule has 1 saturated heterocycles. The first-order valence-electron chi connectivity index (χ1n) is 5.26. The van der Waals surface area contributed by atoms with Crippen LogP contribution in [0.25, 0.3) is 0 Å². The van der Waals surface area contributed by atoms with Crippen molar-refractivity contribution in [1.82, 2.24) is 0 Å². The molecule has 1 unspecified atom stereocenters. The summed E-state index contributed by atoms with van der Waals surface area (Å²) in [4.78, 5) is 0. The van der Waals surface area contributed by atoms with Gasteiger partial charge in [-0.2, -0.15) is 0 Å². The lowest BCUT2D eigenvalue weighted by Crippen LogP contribution is -2.34. The van der Waals surface area contributed by atoms with Crippen molar-refractivity contribution in [3.05, 3.63) is 0 Å². The Morgan fingerprint density at radius 2 is 2.08 bits per heavy atom. The maximum atomic E-state index is 8.78. The molecule has 1 saturated carbocycles. The van der Waals surface area contributed by atoms with Crippen LogP contribution in [-0.4, -0.2) is 30.7 Å². The van der Waals surface area contributed by atoms with Gasteiger partial charge in [-0.05, 0) is 25.7 Å². The fourth-order valence-corrected chi connectivity index (χ4v) is 2.57. The molecule has 0 amide bonds. The fourth-order valence-electron chi connectivity index (χ4n) is 2.57. The second-order valence-electron chi connectivity index (χ2n) is 3.96. The van der Waals surface area contributed by atoms with Crippen LogP contribution in [0.2, 0.25) is 0 Å². The van der Waals surface area contributed by atoms with Crippen LogP contribution in [0, 0.1) is 5.92 Å². The van der Waals surface area contributed by atoms with E-state index < -0.39 is 0 Å². The summed E-state index contributed by atoms with van der Waals surface area (Å²) in [6.45, 7) is 1.78. The third-order valence-corrected chi connectivity index (χ3v) is 3.19. The molecule has 0 aromatic rings. The van der Waals surface area contributed by atoms with E-state index in [0.717, 1.165) is 32.5 Å². The number of hydrogen-bond donors (Lipinski definition) is 1. The van der Waals surface area contributed by atoms with E-state index in [1.807, 2.05) is 0 Å². The smallest absolute Gasteiger partial charge is 0.171 e. The molecule has 2 rings (SSSR count). The molecule has 1 N–H and O–H groups in total. The largest absolute Gasteiger partial charge is 0.396 e. The van der Waals surface area contributed by atoms with Crippen LogP contribution < -0.4 is 0 Å². The predicted molar refractivity (Wildman–Crippen MR) is 48.3 cm³/mol. The Balaban J connectivity index is 1.93. The van der Waals surface area contributed by atoms with E-state index >= 15 is 0 Å². The van der Waals surface area contributed by atoms with Crippen molar-refractivity contribution in [1.29, 1.82) is 0 Å². The van der Waals surface area contributed by atoms with E-state index in [4.69, 9.17) is 14.6 Å². The second-order valence-corrected chi connectivity index (χ2v) is 3.96. The molecule has 1 spiro atoms. The summed E-state index contributed by atoms with van der Waals surface area (Å²) in [5, 5.41) is 8.78. The molecule has 3 heteroatoms. The molecule has 1 atom stereocenters. The average molecular weight is 186 g/mol. The lowest BCUT2D eigenvalue weighted by Gasteiger charge is -2.29. The first-order chi connectivity index (χ1) is 6.37. The van der Waals surface area contributed by atoms with Gasteiger partial charge in [0.1, 0.15) is 0 Å². The molecule has 3 nitrogen and oxygen atoms in total. The minimum atomic E-state index is -0.255. The van der Waals surface area contributed by atoms with Gasteiger partial charge >= 0.3 is 0 Å². The summed E-state index contributed by atoms with van der Waals surface area (Å²) in [5.74, 6) is 0.261. The molecule has 2 aliphatic rings. The molecule has 1 aliphatic heterocycles. The standard InChI is InChI=1S/C10H18O3/c11-6-2-4-9-3-1-5-10(9)12-7-8-13-10/h9,11H,1-8H2. The molecule has 1 heterocycles. The van der Waals surface area contributed by atoms with Gasteiger partial charge in [0.15, 0.2) is 5.79 Å². The highest BCUT2D eigenvalue weighted by atomic mass is 16.7. The Labute approximate surface area is 79.0 Å². The van der Waals surface area contributed by atoms with Crippen molar-refractivity contribution >= 4 is 0 Å². The molecule has 76 valence electrons. The molecular weight excluding hydrogens is 168 g/mol. The van der Waals surface area contributed by atoms with E-state index in [9.17, 15) is 0 Å². The minimum Gasteiger partial charge on any atom is -0.396 e. The minimum absolute atomic E-state index is 0.255. The van der Waals surface area contributed by atoms with Gasteiger partial charge in [0, 0.05) is 18.9 Å². The van der Waals surface area contributed by atoms with Crippen LogP contribution in [0.3, 0.4) is 0 Å². The second kappa shape index (κ2) is 3.95. The summed E-state index contributed by atoms with van der Waals surface area (Å²) in [7, 11) is 0. The quantitative estimate of drug-likeness (QED) is 0.722. The number of ether oxygens (including phenoxy) is 2. The highest BCUT2D eigenvalue weighted by Gasteiger charge is 2.47. The van der Waals surface area contributed by atoms with Crippen LogP contribution in [-0.2, 0) is 9.47 Å². The van der Waals surface area contributed by atoms with E-state index in [1.165, 1.54) is 12.8 Å². The first-order valence-corrected chi connectivity index (χ1v) is 5.26. The van der Waals surface area contributed by atoms with Gasteiger partial charge in [0.2, 0.25) is 0 Å². The van der Waals surface area contributed by atoms with Gasteiger partial charge in [-0.25, -0.2) is 0 Å². The summed E-state index contributed by atoms with van der Waals surface area (Å²) in [6.07, 6.45) is 5.36. The Hall–Kier alpha value is -0.120. The third kappa shape index (κ3) is 1.73. The topological polar surface area (TPSA) is 38.7 Å². The molecule has 0 aromatic carbocycles. The van der Waals surface area contributed by atoms with Gasteiger partial charge < -0.3 is 14.6 Å². The summed E-state index contributed by atoms with van der Waals surface area (Å²) in [5.41, 5.74) is 0. The number of aliphatic hydroxyl groups excluding tert-OH is 1. The number of rotatable bonds is 3. The monoisotopic (exact) mass is 186 g/mol. The third-order valence-electron chi connectivity index (χ3n) is 3.19. The van der Waals surface area contributed by atoms with Crippen LogP contribution in [0.1, 0.15) is 32.1 Å². The van der Waals surface area contributed by atoms with Crippen molar-refractivity contribution in [2.24, 2.45) is 5.92 Å². The maximum absolute atomic E-state index is 8.78. The van der Waals surface area contributed by atoms with Gasteiger partial charge in [-0.15, -0.1) is 0 Å². The fraction of sp³-hybridized carbons (Fsp3) is 1.00. The zero-order valence-corrected chi connectivity index (χ0v) is 8.00. The van der Waals surface area contributed by atoms with Crippen LogP contribution >= 0.6 is 0 Å². The van der Waals surface area contributed by atoms with E-state index in [1.54, 1.807) is 0 Å². The molecular formula is C10H18O3. The lowest BCUT2D eigenvalue weighted by molar-refractivity contribution is -0.182. The van der Waals surface area contributed by atoms with Crippen molar-refractivity contribution < 1.29 is 14.6 Å². The number of aliphatic hydroxyl groups is 1. The van der Waals surface area contributed by atoms with Crippen molar-refractivity contribution in [3.8, 4) is 0 Å². The van der Waals surface area contributed by atoms with E-state index in [0.29, 0.717) is 5.92 Å². The maximum Gasteiger partial charge on any atom is 0.171 e. The highest BCUT2D eigenvalue weighted by Crippen LogP contribution is 2.44. The molecule has 0 aromatic heterocycles. The van der Waals surface area contributed by atoms with Gasteiger partial charge in [0.05, 0.1) is 13.2 Å². The Kier molecular flexibility index (Phi) is 2.86. The normalized spacial score (nSPS) is 31.6. The van der Waals surface area contributed by atoms with Crippen LogP contribution in [0.4, 0.5) is 0 Å². The van der Waals surface area contributed by atoms with Gasteiger partial charge in [-0.3, -0.25) is 0 Å². The molecule has 0 bridgehead atoms. The Morgan fingerprint density at radius 3 is 2.77 bits per heavy atom. The zero-order chi connectivity index (χ0) is 9.15. The molecule has 1 aliphatic carbocycles. The highest BCUT2D eigenvalue weighted by molar-refractivity contribution is 4.88. The Morgan fingerprint density at radius 1 is 1.31 bits per heavy atom. The van der Waals surface area contributed by atoms with Gasteiger partial charge in [0.25, 0.3) is 0 Å². The predicted octanol–water partition coefficient (Wildman–Crippen LogP) is 1.30. The van der Waals surface area contributed by atoms with Crippen LogP contribution in [0.15, 0.2) is 0 Å². The zero-order valence-electron chi connectivity index (χ0n) is 8.00. The van der Waals surface area contributed by atoms with E-state index in [2.05, 4.69) is 0 Å². The summed E-state index contributed by atoms with van der Waals surface area (Å²) < 4.78 is 11.4. The van der Waals surface area contributed by atoms with Gasteiger partial charge in [-0.1, -0.05) is 0 Å². The molecule has 2 fully saturated rings. The SMILES string of the molecule is OCCCC1CCCC12OCCO2. The van der Waals surface area contributed by atoms with Crippen molar-refractivity contribution in [3.63, 3.8) is 0 Å². The number of hydrogen-bond acceptors (Lipinski definition) is 3. The first kappa shape index (κ1) is 9.44.